The highest BCUT2D eigenvalue weighted by Crippen LogP contribution is 2.37. The summed E-state index contributed by atoms with van der Waals surface area (Å²) in [6, 6.07) is 11.2. The molecule has 0 aliphatic carbocycles. The number of rotatable bonds is 3. The van der Waals surface area contributed by atoms with Crippen LogP contribution in [0.2, 0.25) is 0 Å². The first kappa shape index (κ1) is 16.6. The van der Waals surface area contributed by atoms with E-state index in [2.05, 4.69) is 20.6 Å². The number of aryl methyl sites for hydroxylation is 1. The van der Waals surface area contributed by atoms with Crippen LogP contribution in [0.4, 0.5) is 4.39 Å². The Labute approximate surface area is 157 Å². The van der Waals surface area contributed by atoms with Gasteiger partial charge in [0, 0.05) is 36.1 Å². The monoisotopic (exact) mass is 364 g/mol. The normalized spacial score (nSPS) is 17.6. The van der Waals surface area contributed by atoms with Crippen LogP contribution < -0.4 is 0 Å². The molecule has 5 nitrogen and oxygen atoms in total. The fourth-order valence-electron chi connectivity index (χ4n) is 3.90. The van der Waals surface area contributed by atoms with Gasteiger partial charge in [0.1, 0.15) is 11.5 Å². The molecule has 1 saturated heterocycles. The SMILES string of the molecule is Cc1cc(-c2c(-c3ccc(F)cc3)nn3c2CN(C2COC2)CC3)ccn1. The number of aromatic nitrogens is 3. The van der Waals surface area contributed by atoms with Crippen LogP contribution in [0.1, 0.15) is 11.4 Å². The lowest BCUT2D eigenvalue weighted by Gasteiger charge is -2.39. The number of pyridine rings is 1. The topological polar surface area (TPSA) is 43.2 Å². The van der Waals surface area contributed by atoms with Crippen molar-refractivity contribution >= 4 is 0 Å². The van der Waals surface area contributed by atoms with Gasteiger partial charge in [-0.2, -0.15) is 5.10 Å². The fraction of sp³-hybridized carbons (Fsp3) is 0.333. The van der Waals surface area contributed by atoms with Crippen LogP contribution >= 0.6 is 0 Å². The summed E-state index contributed by atoms with van der Waals surface area (Å²) >= 11 is 0. The van der Waals surface area contributed by atoms with Crippen molar-refractivity contribution < 1.29 is 9.13 Å². The second-order valence-electron chi connectivity index (χ2n) is 7.25. The molecule has 3 aromatic rings. The maximum atomic E-state index is 13.4. The number of benzene rings is 1. The smallest absolute Gasteiger partial charge is 0.123 e. The van der Waals surface area contributed by atoms with Crippen LogP contribution in [0.25, 0.3) is 22.4 Å². The van der Waals surface area contributed by atoms with E-state index in [1.165, 1.54) is 17.8 Å². The lowest BCUT2D eigenvalue weighted by Crippen LogP contribution is -2.51. The van der Waals surface area contributed by atoms with Gasteiger partial charge < -0.3 is 4.74 Å². The maximum Gasteiger partial charge on any atom is 0.123 e. The van der Waals surface area contributed by atoms with E-state index in [-0.39, 0.29) is 5.82 Å². The summed E-state index contributed by atoms with van der Waals surface area (Å²) in [6.45, 7) is 6.28. The van der Waals surface area contributed by atoms with Crippen molar-refractivity contribution in [2.45, 2.75) is 26.1 Å². The summed E-state index contributed by atoms with van der Waals surface area (Å²) in [5.74, 6) is -0.236. The van der Waals surface area contributed by atoms with Crippen molar-refractivity contribution in [1.82, 2.24) is 19.7 Å². The van der Waals surface area contributed by atoms with Gasteiger partial charge in [-0.05, 0) is 48.9 Å². The zero-order chi connectivity index (χ0) is 18.4. The van der Waals surface area contributed by atoms with Crippen LogP contribution in [-0.2, 0) is 17.8 Å². The van der Waals surface area contributed by atoms with E-state index in [9.17, 15) is 4.39 Å². The number of nitrogens with zero attached hydrogens (tertiary/aromatic N) is 4. The lowest BCUT2D eigenvalue weighted by atomic mass is 9.98. The summed E-state index contributed by atoms with van der Waals surface area (Å²) in [4.78, 5) is 6.82. The van der Waals surface area contributed by atoms with Gasteiger partial charge in [0.15, 0.2) is 0 Å². The molecule has 0 bridgehead atoms. The highest BCUT2D eigenvalue weighted by Gasteiger charge is 2.32. The van der Waals surface area contributed by atoms with Crippen LogP contribution in [-0.4, -0.2) is 45.5 Å². The van der Waals surface area contributed by atoms with Gasteiger partial charge in [0.05, 0.1) is 31.5 Å². The quantitative estimate of drug-likeness (QED) is 0.715. The zero-order valence-corrected chi connectivity index (χ0v) is 15.2. The van der Waals surface area contributed by atoms with E-state index in [4.69, 9.17) is 9.84 Å². The second-order valence-corrected chi connectivity index (χ2v) is 7.25. The Kier molecular flexibility index (Phi) is 4.02. The average molecular weight is 364 g/mol. The van der Waals surface area contributed by atoms with Crippen LogP contribution in [0.5, 0.6) is 0 Å². The first-order chi connectivity index (χ1) is 13.2. The van der Waals surface area contributed by atoms with E-state index in [0.29, 0.717) is 6.04 Å². The Hall–Kier alpha value is -2.57. The number of hydrogen-bond donors (Lipinski definition) is 0. The third-order valence-corrected chi connectivity index (χ3v) is 5.45. The number of halogens is 1. The highest BCUT2D eigenvalue weighted by molar-refractivity contribution is 5.83. The van der Waals surface area contributed by atoms with Gasteiger partial charge in [-0.15, -0.1) is 0 Å². The molecule has 27 heavy (non-hydrogen) atoms. The van der Waals surface area contributed by atoms with Gasteiger partial charge in [-0.3, -0.25) is 14.6 Å². The summed E-state index contributed by atoms with van der Waals surface area (Å²) in [7, 11) is 0. The third kappa shape index (κ3) is 2.95. The molecule has 1 fully saturated rings. The lowest BCUT2D eigenvalue weighted by molar-refractivity contribution is -0.0734. The van der Waals surface area contributed by atoms with E-state index in [1.807, 2.05) is 19.2 Å². The maximum absolute atomic E-state index is 13.4. The third-order valence-electron chi connectivity index (χ3n) is 5.45. The van der Waals surface area contributed by atoms with E-state index < -0.39 is 0 Å². The number of ether oxygens (including phenoxy) is 1. The van der Waals surface area contributed by atoms with E-state index in [1.54, 1.807) is 12.1 Å². The van der Waals surface area contributed by atoms with Gasteiger partial charge in [-0.25, -0.2) is 4.39 Å². The molecular formula is C21H21FN4O. The molecule has 2 aromatic heterocycles. The highest BCUT2D eigenvalue weighted by atomic mass is 19.1. The average Bonchev–Trinajstić information content (AvgIpc) is 3.00. The minimum absolute atomic E-state index is 0.236. The molecule has 2 aliphatic heterocycles. The Morgan fingerprint density at radius 1 is 1.07 bits per heavy atom. The van der Waals surface area contributed by atoms with Crippen molar-refractivity contribution in [3.8, 4) is 22.4 Å². The summed E-state index contributed by atoms with van der Waals surface area (Å²) in [5, 5.41) is 4.91. The molecule has 6 heteroatoms. The molecule has 5 rings (SSSR count). The molecule has 0 amide bonds. The first-order valence-corrected chi connectivity index (χ1v) is 9.29. The summed E-state index contributed by atoms with van der Waals surface area (Å²) < 4.78 is 20.9. The van der Waals surface area contributed by atoms with Crippen molar-refractivity contribution in [1.29, 1.82) is 0 Å². The summed E-state index contributed by atoms with van der Waals surface area (Å²) in [5.41, 5.74) is 6.24. The predicted molar refractivity (Wildman–Crippen MR) is 101 cm³/mol. The van der Waals surface area contributed by atoms with E-state index in [0.717, 1.165) is 60.9 Å². The first-order valence-electron chi connectivity index (χ1n) is 9.29. The number of hydrogen-bond acceptors (Lipinski definition) is 4. The molecule has 0 unspecified atom stereocenters. The Bertz CT molecular complexity index is 978. The van der Waals surface area contributed by atoms with Gasteiger partial charge in [0.2, 0.25) is 0 Å². The molecule has 0 N–H and O–H groups in total. The van der Waals surface area contributed by atoms with E-state index >= 15 is 0 Å². The van der Waals surface area contributed by atoms with Crippen molar-refractivity contribution in [3.63, 3.8) is 0 Å². The zero-order valence-electron chi connectivity index (χ0n) is 15.2. The largest absolute Gasteiger partial charge is 0.378 e. The van der Waals surface area contributed by atoms with Crippen molar-refractivity contribution in [3.05, 3.63) is 59.8 Å². The molecule has 0 radical (unpaired) electrons. The summed E-state index contributed by atoms with van der Waals surface area (Å²) in [6.07, 6.45) is 1.84. The molecule has 2 aliphatic rings. The minimum atomic E-state index is -0.236. The van der Waals surface area contributed by atoms with Gasteiger partial charge >= 0.3 is 0 Å². The molecule has 4 heterocycles. The molecule has 0 atom stereocenters. The Balaban J connectivity index is 1.65. The standard InChI is InChI=1S/C21H21FN4O/c1-14-10-16(6-7-23-14)20-19-11-25(18-12-27-13-18)8-9-26(19)24-21(20)15-2-4-17(22)5-3-15/h2-7,10,18H,8-9,11-13H2,1H3. The van der Waals surface area contributed by atoms with Crippen LogP contribution in [0.3, 0.4) is 0 Å². The molecule has 0 spiro atoms. The number of fused-ring (bicyclic) bond motifs is 1. The molecule has 0 saturated carbocycles. The molecule has 1 aromatic carbocycles. The van der Waals surface area contributed by atoms with Crippen LogP contribution in [0, 0.1) is 12.7 Å². The fourth-order valence-corrected chi connectivity index (χ4v) is 3.90. The predicted octanol–water partition coefficient (Wildman–Crippen LogP) is 3.27. The second kappa shape index (κ2) is 6.55. The Morgan fingerprint density at radius 3 is 2.59 bits per heavy atom. The van der Waals surface area contributed by atoms with Crippen molar-refractivity contribution in [2.75, 3.05) is 19.8 Å². The molecule has 138 valence electrons. The van der Waals surface area contributed by atoms with Gasteiger partial charge in [-0.1, -0.05) is 0 Å². The molecular weight excluding hydrogens is 343 g/mol. The minimum Gasteiger partial charge on any atom is -0.378 e. The van der Waals surface area contributed by atoms with Crippen LogP contribution in [0.15, 0.2) is 42.6 Å². The Morgan fingerprint density at radius 2 is 1.89 bits per heavy atom. The van der Waals surface area contributed by atoms with Crippen molar-refractivity contribution in [2.24, 2.45) is 0 Å². The van der Waals surface area contributed by atoms with Gasteiger partial charge in [0.25, 0.3) is 0 Å².